The van der Waals surface area contributed by atoms with Gasteiger partial charge in [-0.2, -0.15) is 0 Å². The van der Waals surface area contributed by atoms with Crippen LogP contribution in [0.25, 0.3) is 0 Å². The van der Waals surface area contributed by atoms with Crippen molar-refractivity contribution in [2.75, 3.05) is 7.05 Å². The van der Waals surface area contributed by atoms with Crippen molar-refractivity contribution >= 4 is 11.9 Å². The third-order valence-electron chi connectivity index (χ3n) is 1.76. The monoisotopic (exact) mass is 197 g/mol. The average Bonchev–Trinajstić information content (AvgIpc) is 2.63. The number of carbonyl (C=O) groups excluding carboxylic acids is 2. The van der Waals surface area contributed by atoms with Gasteiger partial charge in [0.25, 0.3) is 5.91 Å². The molecule has 3 amide bonds. The summed E-state index contributed by atoms with van der Waals surface area (Å²) in [5.74, 6) is 0.0205. The van der Waals surface area contributed by atoms with E-state index in [-0.39, 0.29) is 5.69 Å². The number of nitrogens with two attached hydrogens (primary N) is 1. The van der Waals surface area contributed by atoms with Gasteiger partial charge in [0.1, 0.15) is 5.76 Å². The number of imide groups is 1. The normalized spacial score (nSPS) is 9.86. The van der Waals surface area contributed by atoms with Crippen LogP contribution in [0.15, 0.2) is 10.6 Å². The van der Waals surface area contributed by atoms with Gasteiger partial charge < -0.3 is 10.3 Å². The fraction of sp³-hybridized carbons (Fsp3) is 0.375. The molecule has 2 N–H and O–H groups in total. The number of nitrogens with zero attached hydrogens (tertiary/aromatic N) is 2. The summed E-state index contributed by atoms with van der Waals surface area (Å²) < 4.78 is 4.82. The Bertz CT molecular complexity index is 358. The lowest BCUT2D eigenvalue weighted by Gasteiger charge is -2.08. The lowest BCUT2D eigenvalue weighted by Crippen LogP contribution is -2.37. The van der Waals surface area contributed by atoms with Crippen LogP contribution in [0.1, 0.15) is 23.2 Å². The molecule has 76 valence electrons. The van der Waals surface area contributed by atoms with E-state index < -0.39 is 11.9 Å². The van der Waals surface area contributed by atoms with Crippen LogP contribution in [0.2, 0.25) is 0 Å². The average molecular weight is 197 g/mol. The second-order valence-corrected chi connectivity index (χ2v) is 2.73. The first kappa shape index (κ1) is 10.2. The van der Waals surface area contributed by atoms with Gasteiger partial charge in [0.05, 0.1) is 0 Å². The van der Waals surface area contributed by atoms with Gasteiger partial charge in [-0.1, -0.05) is 12.1 Å². The maximum Gasteiger partial charge on any atom is 0.321 e. The fourth-order valence-corrected chi connectivity index (χ4v) is 0.852. The number of hydrogen-bond donors (Lipinski definition) is 1. The minimum absolute atomic E-state index is 0.0863. The number of aryl methyl sites for hydroxylation is 1. The quantitative estimate of drug-likeness (QED) is 0.742. The minimum Gasteiger partial charge on any atom is -0.361 e. The molecule has 6 nitrogen and oxygen atoms in total. The van der Waals surface area contributed by atoms with Crippen LogP contribution in [-0.4, -0.2) is 29.0 Å². The van der Waals surface area contributed by atoms with E-state index in [4.69, 9.17) is 10.3 Å². The molecule has 0 fully saturated rings. The zero-order valence-electron chi connectivity index (χ0n) is 7.98. The van der Waals surface area contributed by atoms with Crippen molar-refractivity contribution in [3.05, 3.63) is 17.5 Å². The molecule has 0 saturated carbocycles. The fourth-order valence-electron chi connectivity index (χ4n) is 0.852. The topological polar surface area (TPSA) is 89.4 Å². The van der Waals surface area contributed by atoms with Gasteiger partial charge in [0.2, 0.25) is 0 Å². The molecular formula is C8H11N3O3. The number of aromatic nitrogens is 1. The lowest BCUT2D eigenvalue weighted by molar-refractivity contribution is 0.0828. The number of hydrogen-bond acceptors (Lipinski definition) is 4. The van der Waals surface area contributed by atoms with E-state index in [9.17, 15) is 9.59 Å². The van der Waals surface area contributed by atoms with Gasteiger partial charge in [-0.25, -0.2) is 4.79 Å². The Kier molecular flexibility index (Phi) is 2.85. The Morgan fingerprint density at radius 2 is 2.29 bits per heavy atom. The largest absolute Gasteiger partial charge is 0.361 e. The predicted octanol–water partition coefficient (Wildman–Crippen LogP) is 0.388. The van der Waals surface area contributed by atoms with Crippen molar-refractivity contribution in [1.82, 2.24) is 10.1 Å². The molecule has 1 aromatic rings. The molecule has 6 heteroatoms. The van der Waals surface area contributed by atoms with Crippen LogP contribution in [-0.2, 0) is 6.42 Å². The Balaban J connectivity index is 2.84. The van der Waals surface area contributed by atoms with E-state index in [0.29, 0.717) is 12.2 Å². The van der Waals surface area contributed by atoms with Gasteiger partial charge in [0, 0.05) is 19.5 Å². The van der Waals surface area contributed by atoms with Crippen molar-refractivity contribution in [3.8, 4) is 0 Å². The number of primary amides is 1. The van der Waals surface area contributed by atoms with Gasteiger partial charge in [-0.3, -0.25) is 9.69 Å². The summed E-state index contributed by atoms with van der Waals surface area (Å²) in [4.78, 5) is 22.9. The van der Waals surface area contributed by atoms with Crippen LogP contribution < -0.4 is 5.73 Å². The highest BCUT2D eigenvalue weighted by Crippen LogP contribution is 2.06. The summed E-state index contributed by atoms with van der Waals surface area (Å²) in [7, 11) is 1.28. The molecule has 0 aromatic carbocycles. The predicted molar refractivity (Wildman–Crippen MR) is 47.6 cm³/mol. The Labute approximate surface area is 80.6 Å². The van der Waals surface area contributed by atoms with Crippen LogP contribution in [0.5, 0.6) is 0 Å². The zero-order chi connectivity index (χ0) is 10.7. The van der Waals surface area contributed by atoms with Crippen LogP contribution >= 0.6 is 0 Å². The Morgan fingerprint density at radius 1 is 1.64 bits per heavy atom. The maximum atomic E-state index is 11.4. The SMILES string of the molecule is CCc1cc(C(=O)N(C)C(N)=O)no1. The number of carbonyl (C=O) groups is 2. The molecule has 0 aliphatic rings. The molecule has 0 aliphatic heterocycles. The van der Waals surface area contributed by atoms with E-state index in [1.54, 1.807) is 0 Å². The highest BCUT2D eigenvalue weighted by molar-refractivity contribution is 6.02. The van der Waals surface area contributed by atoms with Crippen molar-refractivity contribution in [2.45, 2.75) is 13.3 Å². The molecule has 0 aliphatic carbocycles. The Hall–Kier alpha value is -1.85. The molecule has 0 bridgehead atoms. The first-order valence-electron chi connectivity index (χ1n) is 4.09. The third kappa shape index (κ3) is 1.90. The first-order chi connectivity index (χ1) is 6.56. The van der Waals surface area contributed by atoms with E-state index in [0.717, 1.165) is 4.90 Å². The standard InChI is InChI=1S/C8H11N3O3/c1-3-5-4-6(10-14-5)7(12)11(2)8(9)13/h4H,3H2,1-2H3,(H2,9,13). The second kappa shape index (κ2) is 3.91. The highest BCUT2D eigenvalue weighted by atomic mass is 16.5. The van der Waals surface area contributed by atoms with E-state index in [2.05, 4.69) is 5.16 Å². The van der Waals surface area contributed by atoms with Crippen LogP contribution in [0, 0.1) is 0 Å². The van der Waals surface area contributed by atoms with Gasteiger partial charge in [-0.05, 0) is 0 Å². The summed E-state index contributed by atoms with van der Waals surface area (Å²) in [6.07, 6.45) is 0.639. The number of amides is 3. The summed E-state index contributed by atoms with van der Waals surface area (Å²) in [5, 5.41) is 3.52. The molecular weight excluding hydrogens is 186 g/mol. The molecule has 0 spiro atoms. The van der Waals surface area contributed by atoms with E-state index in [1.807, 2.05) is 6.92 Å². The summed E-state index contributed by atoms with van der Waals surface area (Å²) in [5.41, 5.74) is 5.01. The summed E-state index contributed by atoms with van der Waals surface area (Å²) >= 11 is 0. The van der Waals surface area contributed by atoms with Gasteiger partial charge in [-0.15, -0.1) is 0 Å². The summed E-state index contributed by atoms with van der Waals surface area (Å²) in [6, 6.07) is 0.665. The van der Waals surface area contributed by atoms with Gasteiger partial charge in [0.15, 0.2) is 5.69 Å². The zero-order valence-corrected chi connectivity index (χ0v) is 7.98. The molecule has 0 unspecified atom stereocenters. The van der Waals surface area contributed by atoms with E-state index in [1.165, 1.54) is 13.1 Å². The molecule has 1 heterocycles. The van der Waals surface area contributed by atoms with E-state index >= 15 is 0 Å². The lowest BCUT2D eigenvalue weighted by atomic mass is 10.3. The first-order valence-corrected chi connectivity index (χ1v) is 4.09. The molecule has 0 atom stereocenters. The molecule has 0 radical (unpaired) electrons. The number of urea groups is 1. The third-order valence-corrected chi connectivity index (χ3v) is 1.76. The maximum absolute atomic E-state index is 11.4. The second-order valence-electron chi connectivity index (χ2n) is 2.73. The minimum atomic E-state index is -0.823. The van der Waals surface area contributed by atoms with Crippen LogP contribution in [0.3, 0.4) is 0 Å². The molecule has 14 heavy (non-hydrogen) atoms. The molecule has 1 aromatic heterocycles. The molecule has 1 rings (SSSR count). The molecule has 0 saturated heterocycles. The number of rotatable bonds is 2. The highest BCUT2D eigenvalue weighted by Gasteiger charge is 2.19. The van der Waals surface area contributed by atoms with Crippen LogP contribution in [0.4, 0.5) is 4.79 Å². The van der Waals surface area contributed by atoms with Gasteiger partial charge >= 0.3 is 6.03 Å². The smallest absolute Gasteiger partial charge is 0.321 e. The van der Waals surface area contributed by atoms with Crippen molar-refractivity contribution < 1.29 is 14.1 Å². The summed E-state index contributed by atoms with van der Waals surface area (Å²) in [6.45, 7) is 1.87. The van der Waals surface area contributed by atoms with Crippen molar-refractivity contribution in [1.29, 1.82) is 0 Å². The Morgan fingerprint density at radius 3 is 2.71 bits per heavy atom. The van der Waals surface area contributed by atoms with Crippen molar-refractivity contribution in [3.63, 3.8) is 0 Å². The van der Waals surface area contributed by atoms with Crippen molar-refractivity contribution in [2.24, 2.45) is 5.73 Å².